The van der Waals surface area contributed by atoms with Crippen molar-refractivity contribution in [3.05, 3.63) is 71.4 Å². The Morgan fingerprint density at radius 1 is 0.938 bits per heavy atom. The van der Waals surface area contributed by atoms with Crippen molar-refractivity contribution in [1.82, 2.24) is 20.1 Å². The van der Waals surface area contributed by atoms with Crippen molar-refractivity contribution in [2.45, 2.75) is 13.1 Å². The SMILES string of the molecule is Cc1ccnc(Nc2ccc(N3CCN(C(=O)c4ccc(C(F)(F)F)cc4)CC3)nn2)c1. The van der Waals surface area contributed by atoms with Crippen LogP contribution in [0.1, 0.15) is 21.5 Å². The van der Waals surface area contributed by atoms with Gasteiger partial charge in [0.05, 0.1) is 5.56 Å². The number of nitrogens with one attached hydrogen (secondary N) is 1. The Balaban J connectivity index is 1.33. The Morgan fingerprint density at radius 2 is 1.66 bits per heavy atom. The number of rotatable bonds is 4. The van der Waals surface area contributed by atoms with Gasteiger partial charge in [0.1, 0.15) is 5.82 Å². The van der Waals surface area contributed by atoms with E-state index in [0.29, 0.717) is 43.6 Å². The molecule has 166 valence electrons. The fourth-order valence-corrected chi connectivity index (χ4v) is 3.42. The molecule has 4 rings (SSSR count). The molecule has 0 unspecified atom stereocenters. The lowest BCUT2D eigenvalue weighted by atomic mass is 10.1. The standard InChI is InChI=1S/C22H21F3N6O/c1-15-8-9-26-19(14-15)27-18-6-7-20(29-28-18)30-10-12-31(13-11-30)21(32)16-2-4-17(5-3-16)22(23,24)25/h2-9,14H,10-13H2,1H3,(H,26,27,28). The van der Waals surface area contributed by atoms with Crippen LogP contribution in [0.15, 0.2) is 54.7 Å². The van der Waals surface area contributed by atoms with Crippen molar-refractivity contribution in [3.63, 3.8) is 0 Å². The number of amides is 1. The molecule has 0 atom stereocenters. The fraction of sp³-hybridized carbons (Fsp3) is 0.273. The molecule has 7 nitrogen and oxygen atoms in total. The Morgan fingerprint density at radius 3 is 2.25 bits per heavy atom. The van der Waals surface area contributed by atoms with Crippen LogP contribution < -0.4 is 10.2 Å². The number of nitrogens with zero attached hydrogens (tertiary/aromatic N) is 5. The second-order valence-electron chi connectivity index (χ2n) is 7.47. The normalized spacial score (nSPS) is 14.4. The van der Waals surface area contributed by atoms with Crippen molar-refractivity contribution < 1.29 is 18.0 Å². The number of piperazine rings is 1. The third kappa shape index (κ3) is 4.96. The number of alkyl halides is 3. The molecule has 0 spiro atoms. The summed E-state index contributed by atoms with van der Waals surface area (Å²) in [5.41, 5.74) is 0.552. The number of anilines is 3. The zero-order chi connectivity index (χ0) is 22.7. The number of hydrogen-bond donors (Lipinski definition) is 1. The quantitative estimate of drug-likeness (QED) is 0.661. The average Bonchev–Trinajstić information content (AvgIpc) is 2.79. The third-order valence-corrected chi connectivity index (χ3v) is 5.17. The van der Waals surface area contributed by atoms with Crippen LogP contribution in [-0.2, 0) is 6.18 Å². The van der Waals surface area contributed by atoms with Crippen molar-refractivity contribution >= 4 is 23.4 Å². The first kappa shape index (κ1) is 21.5. The van der Waals surface area contributed by atoms with Crippen molar-refractivity contribution in [2.75, 3.05) is 36.4 Å². The van der Waals surface area contributed by atoms with Crippen LogP contribution in [0.5, 0.6) is 0 Å². The van der Waals surface area contributed by atoms with Gasteiger partial charge in [-0.25, -0.2) is 4.98 Å². The summed E-state index contributed by atoms with van der Waals surface area (Å²) in [4.78, 5) is 20.5. The first-order chi connectivity index (χ1) is 15.3. The van der Waals surface area contributed by atoms with E-state index in [1.165, 1.54) is 12.1 Å². The van der Waals surface area contributed by atoms with Crippen LogP contribution in [-0.4, -0.2) is 52.2 Å². The number of benzene rings is 1. The molecule has 1 saturated heterocycles. The van der Waals surface area contributed by atoms with Crippen LogP contribution in [0, 0.1) is 6.92 Å². The molecule has 3 aromatic rings. The van der Waals surface area contributed by atoms with Gasteiger partial charge in [-0.1, -0.05) is 0 Å². The second kappa shape index (κ2) is 8.81. The second-order valence-corrected chi connectivity index (χ2v) is 7.47. The Kier molecular flexibility index (Phi) is 5.93. The molecule has 1 aliphatic rings. The smallest absolute Gasteiger partial charge is 0.352 e. The van der Waals surface area contributed by atoms with Gasteiger partial charge in [0, 0.05) is 37.9 Å². The van der Waals surface area contributed by atoms with E-state index in [-0.39, 0.29) is 11.5 Å². The van der Waals surface area contributed by atoms with Gasteiger partial charge >= 0.3 is 6.18 Å². The molecule has 0 saturated carbocycles. The number of pyridine rings is 1. The van der Waals surface area contributed by atoms with Crippen molar-refractivity contribution in [3.8, 4) is 0 Å². The van der Waals surface area contributed by atoms with E-state index in [0.717, 1.165) is 17.7 Å². The molecule has 1 fully saturated rings. The molecular weight excluding hydrogens is 421 g/mol. The van der Waals surface area contributed by atoms with Crippen LogP contribution in [0.25, 0.3) is 0 Å². The van der Waals surface area contributed by atoms with Gasteiger partial charge in [-0.2, -0.15) is 13.2 Å². The molecule has 1 aliphatic heterocycles. The lowest BCUT2D eigenvalue weighted by Crippen LogP contribution is -2.49. The summed E-state index contributed by atoms with van der Waals surface area (Å²) in [6.45, 7) is 3.95. The number of aromatic nitrogens is 3. The van der Waals surface area contributed by atoms with Gasteiger partial charge in [-0.15, -0.1) is 10.2 Å². The van der Waals surface area contributed by atoms with Crippen LogP contribution in [0.4, 0.5) is 30.6 Å². The van der Waals surface area contributed by atoms with Gasteiger partial charge < -0.3 is 15.1 Å². The maximum Gasteiger partial charge on any atom is 0.416 e. The summed E-state index contributed by atoms with van der Waals surface area (Å²) in [7, 11) is 0. The average molecular weight is 442 g/mol. The zero-order valence-electron chi connectivity index (χ0n) is 17.3. The fourth-order valence-electron chi connectivity index (χ4n) is 3.42. The molecule has 1 aromatic carbocycles. The molecule has 0 aliphatic carbocycles. The Bertz CT molecular complexity index is 1080. The maximum atomic E-state index is 12.7. The maximum absolute atomic E-state index is 12.7. The van der Waals surface area contributed by atoms with E-state index in [1.807, 2.05) is 36.1 Å². The number of carbonyl (C=O) groups excluding carboxylic acids is 1. The first-order valence-corrected chi connectivity index (χ1v) is 10.0. The largest absolute Gasteiger partial charge is 0.416 e. The van der Waals surface area contributed by atoms with E-state index in [9.17, 15) is 18.0 Å². The minimum atomic E-state index is -4.42. The third-order valence-electron chi connectivity index (χ3n) is 5.17. The molecule has 3 heterocycles. The van der Waals surface area contributed by atoms with E-state index in [2.05, 4.69) is 20.5 Å². The van der Waals surface area contributed by atoms with E-state index >= 15 is 0 Å². The number of halogens is 3. The molecule has 2 aromatic heterocycles. The van der Waals surface area contributed by atoms with Crippen LogP contribution >= 0.6 is 0 Å². The van der Waals surface area contributed by atoms with Crippen molar-refractivity contribution in [1.29, 1.82) is 0 Å². The van der Waals surface area contributed by atoms with E-state index < -0.39 is 11.7 Å². The Labute approximate surface area is 182 Å². The molecular formula is C22H21F3N6O. The Hall–Kier alpha value is -3.69. The minimum Gasteiger partial charge on any atom is -0.352 e. The summed E-state index contributed by atoms with van der Waals surface area (Å²) in [5, 5.41) is 11.6. The predicted octanol–water partition coefficient (Wildman–Crippen LogP) is 3.90. The predicted molar refractivity (Wildman–Crippen MR) is 114 cm³/mol. The van der Waals surface area contributed by atoms with Gasteiger partial charge in [0.2, 0.25) is 0 Å². The molecule has 1 amide bonds. The molecule has 1 N–H and O–H groups in total. The summed E-state index contributed by atoms with van der Waals surface area (Å²) in [6.07, 6.45) is -2.71. The van der Waals surface area contributed by atoms with E-state index in [4.69, 9.17) is 0 Å². The highest BCUT2D eigenvalue weighted by molar-refractivity contribution is 5.94. The molecule has 0 bridgehead atoms. The first-order valence-electron chi connectivity index (χ1n) is 10.0. The monoisotopic (exact) mass is 442 g/mol. The number of carbonyl (C=O) groups is 1. The highest BCUT2D eigenvalue weighted by Gasteiger charge is 2.30. The molecule has 32 heavy (non-hydrogen) atoms. The number of aryl methyl sites for hydroxylation is 1. The van der Waals surface area contributed by atoms with Crippen molar-refractivity contribution in [2.24, 2.45) is 0 Å². The minimum absolute atomic E-state index is 0.242. The van der Waals surface area contributed by atoms with E-state index in [1.54, 1.807) is 11.1 Å². The summed E-state index contributed by atoms with van der Waals surface area (Å²) in [6, 6.07) is 11.8. The highest BCUT2D eigenvalue weighted by atomic mass is 19.4. The zero-order valence-corrected chi connectivity index (χ0v) is 17.3. The van der Waals surface area contributed by atoms with Crippen LogP contribution in [0.2, 0.25) is 0 Å². The van der Waals surface area contributed by atoms with Gasteiger partial charge in [0.15, 0.2) is 11.6 Å². The molecule has 10 heteroatoms. The summed E-state index contributed by atoms with van der Waals surface area (Å²) < 4.78 is 38.1. The summed E-state index contributed by atoms with van der Waals surface area (Å²) >= 11 is 0. The lowest BCUT2D eigenvalue weighted by Gasteiger charge is -2.35. The summed E-state index contributed by atoms with van der Waals surface area (Å²) in [5.74, 6) is 1.66. The lowest BCUT2D eigenvalue weighted by molar-refractivity contribution is -0.137. The topological polar surface area (TPSA) is 74.2 Å². The molecule has 0 radical (unpaired) electrons. The van der Waals surface area contributed by atoms with Gasteiger partial charge in [-0.05, 0) is 61.0 Å². The van der Waals surface area contributed by atoms with Gasteiger partial charge in [0.25, 0.3) is 5.91 Å². The highest BCUT2D eigenvalue weighted by Crippen LogP contribution is 2.29. The number of hydrogen-bond acceptors (Lipinski definition) is 6. The van der Waals surface area contributed by atoms with Crippen LogP contribution in [0.3, 0.4) is 0 Å². The van der Waals surface area contributed by atoms with Gasteiger partial charge in [-0.3, -0.25) is 4.79 Å².